The molecular formula is C37H48N2O5. The summed E-state index contributed by atoms with van der Waals surface area (Å²) in [7, 11) is 0. The zero-order valence-electron chi connectivity index (χ0n) is 26.9. The fourth-order valence-electron chi connectivity index (χ4n) is 9.44. The van der Waals surface area contributed by atoms with Crippen molar-refractivity contribution in [1.82, 2.24) is 5.32 Å². The normalized spacial score (nSPS) is 30.9. The Morgan fingerprint density at radius 2 is 1.32 bits per heavy atom. The highest BCUT2D eigenvalue weighted by Crippen LogP contribution is 2.54. The number of phenols is 1. The van der Waals surface area contributed by atoms with Crippen molar-refractivity contribution in [3.05, 3.63) is 58.7 Å². The minimum atomic E-state index is -0.586. The molecular weight excluding hydrogens is 552 g/mol. The van der Waals surface area contributed by atoms with E-state index in [0.29, 0.717) is 5.69 Å². The molecule has 2 aromatic carbocycles. The predicted molar refractivity (Wildman–Crippen MR) is 171 cm³/mol. The smallest absolute Gasteiger partial charge is 0.412 e. The number of phenolic OH excluding ortho intramolecular Hbond substituents is 1. The van der Waals surface area contributed by atoms with Crippen LogP contribution >= 0.6 is 0 Å². The van der Waals surface area contributed by atoms with E-state index in [-0.39, 0.29) is 52.1 Å². The second kappa shape index (κ2) is 11.2. The number of hydrogen-bond acceptors (Lipinski definition) is 5. The molecule has 0 bridgehead atoms. The number of imide groups is 1. The summed E-state index contributed by atoms with van der Waals surface area (Å²) in [6.45, 7) is 10.0. The average Bonchev–Trinajstić information content (AvgIpc) is 2.95. The van der Waals surface area contributed by atoms with Crippen LogP contribution in [0, 0.1) is 23.7 Å². The van der Waals surface area contributed by atoms with E-state index in [0.717, 1.165) is 64.2 Å². The topological polar surface area (TPSA) is 105 Å². The summed E-state index contributed by atoms with van der Waals surface area (Å²) < 4.78 is 5.47. The molecule has 4 aliphatic carbocycles. The third-order valence-corrected chi connectivity index (χ3v) is 11.5. The molecule has 2 saturated carbocycles. The van der Waals surface area contributed by atoms with Crippen LogP contribution in [-0.2, 0) is 38.0 Å². The van der Waals surface area contributed by atoms with Gasteiger partial charge in [-0.3, -0.25) is 20.2 Å². The largest absolute Gasteiger partial charge is 0.508 e. The van der Waals surface area contributed by atoms with E-state index in [1.165, 1.54) is 22.3 Å². The Hall–Kier alpha value is -3.35. The number of amides is 3. The van der Waals surface area contributed by atoms with Crippen LogP contribution in [-0.4, -0.2) is 28.6 Å². The van der Waals surface area contributed by atoms with Gasteiger partial charge in [0.2, 0.25) is 11.8 Å². The Bertz CT molecular complexity index is 1480. The number of nitrogens with one attached hydrogen (secondary N) is 2. The molecule has 0 radical (unpaired) electrons. The quantitative estimate of drug-likeness (QED) is 0.320. The Morgan fingerprint density at radius 3 is 1.86 bits per heavy atom. The summed E-state index contributed by atoms with van der Waals surface area (Å²) in [6, 6.07) is 11.8. The molecule has 236 valence electrons. The molecule has 2 aromatic rings. The fourth-order valence-corrected chi connectivity index (χ4v) is 9.44. The summed E-state index contributed by atoms with van der Waals surface area (Å²) in [5.74, 6) is -0.152. The van der Waals surface area contributed by atoms with Gasteiger partial charge >= 0.3 is 6.09 Å². The molecule has 3 N–H and O–H groups in total. The lowest BCUT2D eigenvalue weighted by Crippen LogP contribution is -2.53. The molecule has 0 saturated heterocycles. The third-order valence-electron chi connectivity index (χ3n) is 11.5. The van der Waals surface area contributed by atoms with Crippen molar-refractivity contribution in [3.63, 3.8) is 0 Å². The van der Waals surface area contributed by atoms with E-state index in [4.69, 9.17) is 4.74 Å². The van der Waals surface area contributed by atoms with E-state index in [1.54, 1.807) is 6.07 Å². The zero-order chi connectivity index (χ0) is 31.4. The first-order valence-corrected chi connectivity index (χ1v) is 16.6. The lowest BCUT2D eigenvalue weighted by Gasteiger charge is -2.50. The molecule has 44 heavy (non-hydrogen) atoms. The second-order valence-corrected chi connectivity index (χ2v) is 15.3. The molecule has 6 atom stereocenters. The molecule has 0 heterocycles. The van der Waals surface area contributed by atoms with Gasteiger partial charge < -0.3 is 9.84 Å². The highest BCUT2D eigenvalue weighted by molar-refractivity contribution is 5.98. The van der Waals surface area contributed by atoms with Gasteiger partial charge in [-0.15, -0.1) is 0 Å². The Morgan fingerprint density at radius 1 is 0.795 bits per heavy atom. The standard InChI is InChI=1S/C37H48N2O5/c1-35(2,3)44-34(43)38-24-14-10-22-12-16-28-26(8-6-18-36(28,4)30(22)20-24)32(41)39-33(42)27-9-7-19-37(5)29(27)17-13-23-11-15-25(40)21-31(23)37/h10-11,14-15,20-21,26-29,40H,6-9,12-13,16-19H2,1-5H3,(H,38,43)(H,39,41,42). The van der Waals surface area contributed by atoms with Gasteiger partial charge in [0, 0.05) is 17.5 Å². The van der Waals surface area contributed by atoms with Crippen LogP contribution in [0.2, 0.25) is 0 Å². The molecule has 0 aromatic heterocycles. The van der Waals surface area contributed by atoms with Gasteiger partial charge in [0.05, 0.1) is 0 Å². The first kappa shape index (κ1) is 30.7. The molecule has 3 amide bonds. The van der Waals surface area contributed by atoms with Gasteiger partial charge in [-0.2, -0.15) is 0 Å². The van der Waals surface area contributed by atoms with E-state index >= 15 is 0 Å². The number of aromatic hydroxyl groups is 1. The van der Waals surface area contributed by atoms with E-state index in [1.807, 2.05) is 39.0 Å². The molecule has 6 rings (SSSR count). The van der Waals surface area contributed by atoms with E-state index in [2.05, 4.69) is 36.6 Å². The van der Waals surface area contributed by atoms with Crippen LogP contribution in [0.25, 0.3) is 0 Å². The van der Waals surface area contributed by atoms with Crippen molar-refractivity contribution in [2.75, 3.05) is 5.32 Å². The predicted octanol–water partition coefficient (Wildman–Crippen LogP) is 7.32. The number of carbonyl (C=O) groups excluding carboxylic acids is 3. The summed E-state index contributed by atoms with van der Waals surface area (Å²) in [5.41, 5.74) is 4.60. The number of hydrogen-bond donors (Lipinski definition) is 3. The highest BCUT2D eigenvalue weighted by Gasteiger charge is 2.51. The maximum Gasteiger partial charge on any atom is 0.412 e. The van der Waals surface area contributed by atoms with Crippen molar-refractivity contribution in [2.24, 2.45) is 23.7 Å². The number of rotatable bonds is 3. The van der Waals surface area contributed by atoms with Gasteiger partial charge in [0.25, 0.3) is 0 Å². The highest BCUT2D eigenvalue weighted by atomic mass is 16.6. The first-order chi connectivity index (χ1) is 20.8. The van der Waals surface area contributed by atoms with Crippen molar-refractivity contribution in [2.45, 2.75) is 115 Å². The molecule has 0 aliphatic heterocycles. The Balaban J connectivity index is 1.18. The number of fused-ring (bicyclic) bond motifs is 6. The van der Waals surface area contributed by atoms with Gasteiger partial charge in [0.15, 0.2) is 0 Å². The number of ether oxygens (including phenoxy) is 1. The van der Waals surface area contributed by atoms with Crippen molar-refractivity contribution in [1.29, 1.82) is 0 Å². The van der Waals surface area contributed by atoms with Crippen LogP contribution in [0.3, 0.4) is 0 Å². The molecule has 6 unspecified atom stereocenters. The van der Waals surface area contributed by atoms with Crippen LogP contribution in [0.4, 0.5) is 10.5 Å². The first-order valence-electron chi connectivity index (χ1n) is 16.6. The van der Waals surface area contributed by atoms with E-state index in [9.17, 15) is 19.5 Å². The second-order valence-electron chi connectivity index (χ2n) is 15.3. The molecule has 7 heteroatoms. The number of anilines is 1. The number of carbonyl (C=O) groups is 3. The number of aryl methyl sites for hydroxylation is 2. The molecule has 2 fully saturated rings. The fraction of sp³-hybridized carbons (Fsp3) is 0.595. The third kappa shape index (κ3) is 5.52. The minimum absolute atomic E-state index is 0.120. The van der Waals surface area contributed by atoms with Crippen LogP contribution < -0.4 is 10.6 Å². The van der Waals surface area contributed by atoms with Gasteiger partial charge in [-0.05, 0) is 141 Å². The van der Waals surface area contributed by atoms with Crippen LogP contribution in [0.15, 0.2) is 36.4 Å². The van der Waals surface area contributed by atoms with Crippen molar-refractivity contribution < 1.29 is 24.2 Å². The summed E-state index contributed by atoms with van der Waals surface area (Å²) in [6.07, 6.45) is 8.46. The Kier molecular flexibility index (Phi) is 7.82. The van der Waals surface area contributed by atoms with E-state index < -0.39 is 11.7 Å². The average molecular weight is 601 g/mol. The Labute approximate surface area is 261 Å². The lowest BCUT2D eigenvalue weighted by atomic mass is 9.54. The van der Waals surface area contributed by atoms with Gasteiger partial charge in [-0.1, -0.05) is 38.8 Å². The number of benzene rings is 2. The van der Waals surface area contributed by atoms with Crippen molar-refractivity contribution >= 4 is 23.6 Å². The van der Waals surface area contributed by atoms with Crippen LogP contribution in [0.5, 0.6) is 5.75 Å². The minimum Gasteiger partial charge on any atom is -0.508 e. The lowest BCUT2D eigenvalue weighted by molar-refractivity contribution is -0.140. The summed E-state index contributed by atoms with van der Waals surface area (Å²) in [5, 5.41) is 16.1. The molecule has 0 spiro atoms. The monoisotopic (exact) mass is 600 g/mol. The maximum atomic E-state index is 13.9. The van der Waals surface area contributed by atoms with Crippen molar-refractivity contribution in [3.8, 4) is 5.75 Å². The van der Waals surface area contributed by atoms with Crippen LogP contribution in [0.1, 0.15) is 108 Å². The zero-order valence-corrected chi connectivity index (χ0v) is 26.9. The summed E-state index contributed by atoms with van der Waals surface area (Å²) >= 11 is 0. The van der Waals surface area contributed by atoms with Gasteiger partial charge in [0.1, 0.15) is 11.4 Å². The molecule has 4 aliphatic rings. The maximum absolute atomic E-state index is 13.9. The summed E-state index contributed by atoms with van der Waals surface area (Å²) in [4.78, 5) is 40.3. The van der Waals surface area contributed by atoms with Gasteiger partial charge in [-0.25, -0.2) is 4.79 Å². The SMILES string of the molecule is CC(C)(C)OC(=O)Nc1ccc2c(c1)C1(C)CCCC(C(=O)NC(=O)C3CCCC4(C)c5cc(O)ccc5CCC34)C1CC2. The molecule has 7 nitrogen and oxygen atoms in total.